The number of nitrogens with zero attached hydrogens (tertiary/aromatic N) is 1. The molecule has 2 aliphatic heterocycles. The monoisotopic (exact) mass is 281 g/mol. The number of hydrogen-bond acceptors (Lipinski definition) is 3. The predicted octanol–water partition coefficient (Wildman–Crippen LogP) is 0.892. The highest BCUT2D eigenvalue weighted by molar-refractivity contribution is 5.82. The lowest BCUT2D eigenvalue weighted by Gasteiger charge is -2.36. The second kappa shape index (κ2) is 7.07. The Labute approximate surface area is 121 Å². The molecular formula is C15H27N3O2. The van der Waals surface area contributed by atoms with Crippen LogP contribution >= 0.6 is 0 Å². The number of carbonyl (C=O) groups excluding carboxylic acids is 2. The van der Waals surface area contributed by atoms with Gasteiger partial charge in [0.1, 0.15) is 0 Å². The summed E-state index contributed by atoms with van der Waals surface area (Å²) in [5.74, 6) is 0.819. The van der Waals surface area contributed by atoms with Crippen molar-refractivity contribution in [3.8, 4) is 0 Å². The number of rotatable bonds is 3. The van der Waals surface area contributed by atoms with Crippen LogP contribution in [0.25, 0.3) is 0 Å². The van der Waals surface area contributed by atoms with Crippen molar-refractivity contribution in [1.82, 2.24) is 15.5 Å². The largest absolute Gasteiger partial charge is 0.356 e. The SMILES string of the molecule is CC(=O)NCC1CCN(C(=O)C2CCCC(C)N2)CC1. The first-order valence-corrected chi connectivity index (χ1v) is 7.85. The van der Waals surface area contributed by atoms with Gasteiger partial charge in [-0.1, -0.05) is 0 Å². The smallest absolute Gasteiger partial charge is 0.239 e. The van der Waals surface area contributed by atoms with Crippen molar-refractivity contribution in [2.45, 2.75) is 58.0 Å². The molecule has 0 spiro atoms. The summed E-state index contributed by atoms with van der Waals surface area (Å²) in [4.78, 5) is 25.4. The molecule has 0 aliphatic carbocycles. The van der Waals surface area contributed by atoms with Crippen molar-refractivity contribution in [1.29, 1.82) is 0 Å². The third-order valence-electron chi connectivity index (χ3n) is 4.48. The molecule has 2 saturated heterocycles. The molecule has 20 heavy (non-hydrogen) atoms. The van der Waals surface area contributed by atoms with Crippen LogP contribution in [0.15, 0.2) is 0 Å². The van der Waals surface area contributed by atoms with Crippen LogP contribution in [0.1, 0.15) is 46.0 Å². The van der Waals surface area contributed by atoms with E-state index in [1.54, 1.807) is 6.92 Å². The molecule has 0 radical (unpaired) electrons. The van der Waals surface area contributed by atoms with Gasteiger partial charge in [-0.25, -0.2) is 0 Å². The van der Waals surface area contributed by atoms with Crippen LogP contribution in [0.5, 0.6) is 0 Å². The maximum absolute atomic E-state index is 12.5. The summed E-state index contributed by atoms with van der Waals surface area (Å²) >= 11 is 0. The lowest BCUT2D eigenvalue weighted by atomic mass is 9.94. The molecular weight excluding hydrogens is 254 g/mol. The highest BCUT2D eigenvalue weighted by atomic mass is 16.2. The molecule has 0 bridgehead atoms. The van der Waals surface area contributed by atoms with E-state index in [-0.39, 0.29) is 17.9 Å². The lowest BCUT2D eigenvalue weighted by molar-refractivity contribution is -0.136. The first-order chi connectivity index (χ1) is 9.56. The Bertz CT molecular complexity index is 351. The van der Waals surface area contributed by atoms with Crippen molar-refractivity contribution < 1.29 is 9.59 Å². The van der Waals surface area contributed by atoms with E-state index in [1.807, 2.05) is 4.90 Å². The number of hydrogen-bond donors (Lipinski definition) is 2. The van der Waals surface area contributed by atoms with Gasteiger partial charge in [0.05, 0.1) is 6.04 Å². The zero-order valence-electron chi connectivity index (χ0n) is 12.7. The van der Waals surface area contributed by atoms with E-state index in [9.17, 15) is 9.59 Å². The Balaban J connectivity index is 1.75. The Kier molecular flexibility index (Phi) is 5.40. The Morgan fingerprint density at radius 1 is 1.20 bits per heavy atom. The highest BCUT2D eigenvalue weighted by Crippen LogP contribution is 2.20. The van der Waals surface area contributed by atoms with Gasteiger partial charge in [0, 0.05) is 32.6 Å². The Morgan fingerprint density at radius 2 is 1.90 bits per heavy atom. The fourth-order valence-corrected chi connectivity index (χ4v) is 3.20. The zero-order chi connectivity index (χ0) is 14.5. The zero-order valence-corrected chi connectivity index (χ0v) is 12.7. The maximum Gasteiger partial charge on any atom is 0.239 e. The van der Waals surface area contributed by atoms with E-state index in [2.05, 4.69) is 17.6 Å². The van der Waals surface area contributed by atoms with Crippen LogP contribution < -0.4 is 10.6 Å². The van der Waals surface area contributed by atoms with Crippen LogP contribution in [-0.4, -0.2) is 48.4 Å². The molecule has 2 aliphatic rings. The molecule has 2 rings (SSSR count). The van der Waals surface area contributed by atoms with Crippen LogP contribution in [0.4, 0.5) is 0 Å². The lowest BCUT2D eigenvalue weighted by Crippen LogP contribution is -2.53. The summed E-state index contributed by atoms with van der Waals surface area (Å²) in [5, 5.41) is 6.29. The van der Waals surface area contributed by atoms with Crippen molar-refractivity contribution >= 4 is 11.8 Å². The number of likely N-dealkylation sites (tertiary alicyclic amines) is 1. The fourth-order valence-electron chi connectivity index (χ4n) is 3.20. The molecule has 5 nitrogen and oxygen atoms in total. The van der Waals surface area contributed by atoms with Gasteiger partial charge in [0.25, 0.3) is 0 Å². The predicted molar refractivity (Wildman–Crippen MR) is 78.2 cm³/mol. The minimum absolute atomic E-state index is 0.0191. The van der Waals surface area contributed by atoms with Gasteiger partial charge in [-0.05, 0) is 44.9 Å². The van der Waals surface area contributed by atoms with Gasteiger partial charge < -0.3 is 15.5 Å². The van der Waals surface area contributed by atoms with E-state index in [1.165, 1.54) is 6.42 Å². The molecule has 0 aromatic heterocycles. The summed E-state index contributed by atoms with van der Waals surface area (Å²) in [7, 11) is 0. The van der Waals surface area contributed by atoms with E-state index in [0.717, 1.165) is 45.3 Å². The molecule has 2 amide bonds. The van der Waals surface area contributed by atoms with Gasteiger partial charge >= 0.3 is 0 Å². The topological polar surface area (TPSA) is 61.4 Å². The molecule has 114 valence electrons. The quantitative estimate of drug-likeness (QED) is 0.808. The molecule has 2 fully saturated rings. The van der Waals surface area contributed by atoms with Crippen LogP contribution in [0, 0.1) is 5.92 Å². The van der Waals surface area contributed by atoms with E-state index in [0.29, 0.717) is 12.0 Å². The molecule has 2 heterocycles. The third-order valence-corrected chi connectivity index (χ3v) is 4.48. The minimum atomic E-state index is 0.0191. The average molecular weight is 281 g/mol. The number of carbonyl (C=O) groups is 2. The first-order valence-electron chi connectivity index (χ1n) is 7.85. The van der Waals surface area contributed by atoms with E-state index >= 15 is 0 Å². The van der Waals surface area contributed by atoms with E-state index < -0.39 is 0 Å². The maximum atomic E-state index is 12.5. The molecule has 0 aromatic carbocycles. The summed E-state index contributed by atoms with van der Waals surface area (Å²) in [6.45, 7) is 6.11. The molecule has 0 saturated carbocycles. The van der Waals surface area contributed by atoms with Crippen molar-refractivity contribution in [3.05, 3.63) is 0 Å². The van der Waals surface area contributed by atoms with Crippen LogP contribution in [0.3, 0.4) is 0 Å². The van der Waals surface area contributed by atoms with Gasteiger partial charge in [-0.3, -0.25) is 9.59 Å². The van der Waals surface area contributed by atoms with Crippen LogP contribution in [0.2, 0.25) is 0 Å². The van der Waals surface area contributed by atoms with Crippen molar-refractivity contribution in [2.75, 3.05) is 19.6 Å². The van der Waals surface area contributed by atoms with Gasteiger partial charge in [0.2, 0.25) is 11.8 Å². The van der Waals surface area contributed by atoms with Crippen molar-refractivity contribution in [2.24, 2.45) is 5.92 Å². The average Bonchev–Trinajstić information content (AvgIpc) is 2.45. The van der Waals surface area contributed by atoms with Gasteiger partial charge in [-0.15, -0.1) is 0 Å². The van der Waals surface area contributed by atoms with Gasteiger partial charge in [-0.2, -0.15) is 0 Å². The number of nitrogens with one attached hydrogen (secondary N) is 2. The molecule has 2 atom stereocenters. The molecule has 5 heteroatoms. The Hall–Kier alpha value is -1.10. The minimum Gasteiger partial charge on any atom is -0.356 e. The number of amides is 2. The second-order valence-corrected chi connectivity index (χ2v) is 6.26. The standard InChI is InChI=1S/C15H27N3O2/c1-11-4-3-5-14(17-11)15(20)18-8-6-13(7-9-18)10-16-12(2)19/h11,13-14,17H,3-10H2,1-2H3,(H,16,19). The van der Waals surface area contributed by atoms with E-state index in [4.69, 9.17) is 0 Å². The highest BCUT2D eigenvalue weighted by Gasteiger charge is 2.30. The summed E-state index contributed by atoms with van der Waals surface area (Å²) < 4.78 is 0. The summed E-state index contributed by atoms with van der Waals surface area (Å²) in [5.41, 5.74) is 0. The third kappa shape index (κ3) is 4.20. The summed E-state index contributed by atoms with van der Waals surface area (Å²) in [6.07, 6.45) is 5.27. The summed E-state index contributed by atoms with van der Waals surface area (Å²) in [6, 6.07) is 0.473. The Morgan fingerprint density at radius 3 is 2.50 bits per heavy atom. The first kappa shape index (κ1) is 15.3. The molecule has 0 aromatic rings. The normalized spacial score (nSPS) is 28.2. The van der Waals surface area contributed by atoms with Gasteiger partial charge in [0.15, 0.2) is 0 Å². The molecule has 2 unspecified atom stereocenters. The second-order valence-electron chi connectivity index (χ2n) is 6.26. The fraction of sp³-hybridized carbons (Fsp3) is 0.867. The molecule has 2 N–H and O–H groups in total. The number of piperidine rings is 2. The van der Waals surface area contributed by atoms with Crippen LogP contribution in [-0.2, 0) is 9.59 Å². The van der Waals surface area contributed by atoms with Crippen molar-refractivity contribution in [3.63, 3.8) is 0 Å².